The smallest absolute Gasteiger partial charge is 0.351 e. The summed E-state index contributed by atoms with van der Waals surface area (Å²) in [6.45, 7) is 1.79. The van der Waals surface area contributed by atoms with Gasteiger partial charge in [0.15, 0.2) is 5.78 Å². The summed E-state index contributed by atoms with van der Waals surface area (Å²) >= 11 is 0. The first kappa shape index (κ1) is 25.0. The van der Waals surface area contributed by atoms with E-state index in [0.717, 1.165) is 11.1 Å². The molecular weight excluding hydrogens is 434 g/mol. The second-order valence-electron chi connectivity index (χ2n) is 8.25. The van der Waals surface area contributed by atoms with Crippen molar-refractivity contribution >= 4 is 17.8 Å². The summed E-state index contributed by atoms with van der Waals surface area (Å²) in [4.78, 5) is 39.6. The second-order valence-corrected chi connectivity index (χ2v) is 8.25. The first-order valence-electron chi connectivity index (χ1n) is 11.4. The van der Waals surface area contributed by atoms with Gasteiger partial charge in [-0.05, 0) is 36.5 Å². The summed E-state index contributed by atoms with van der Waals surface area (Å²) in [5, 5.41) is 12.2. The fraction of sp³-hybridized carbons (Fsp3) is 0.346. The number of allylic oxidation sites excluding steroid dienone is 1. The van der Waals surface area contributed by atoms with Crippen LogP contribution in [-0.4, -0.2) is 60.1 Å². The average molecular weight is 466 g/mol. The van der Waals surface area contributed by atoms with Crippen molar-refractivity contribution in [3.8, 4) is 0 Å². The van der Waals surface area contributed by atoms with E-state index in [9.17, 15) is 19.5 Å². The number of amides is 2. The van der Waals surface area contributed by atoms with Gasteiger partial charge in [0.25, 0.3) is 0 Å². The Morgan fingerprint density at radius 1 is 1.00 bits per heavy atom. The van der Waals surface area contributed by atoms with Crippen molar-refractivity contribution in [1.29, 1.82) is 0 Å². The highest BCUT2D eigenvalue weighted by atomic mass is 16.5. The molecule has 2 atom stereocenters. The number of aryl methyl sites for hydroxylation is 1. The Morgan fingerprint density at radius 3 is 2.18 bits per heavy atom. The largest absolute Gasteiger partial charge is 0.477 e. The molecule has 2 aromatic rings. The van der Waals surface area contributed by atoms with E-state index in [2.05, 4.69) is 5.32 Å². The molecule has 0 radical (unpaired) electrons. The molecule has 8 heteroatoms. The highest BCUT2D eigenvalue weighted by molar-refractivity contribution is 5.93. The summed E-state index contributed by atoms with van der Waals surface area (Å²) in [5.74, 6) is -2.32. The number of benzene rings is 2. The van der Waals surface area contributed by atoms with Crippen molar-refractivity contribution < 1.29 is 24.2 Å². The minimum absolute atomic E-state index is 0.273. The molecule has 1 fully saturated rings. The molecule has 1 aliphatic heterocycles. The van der Waals surface area contributed by atoms with Crippen LogP contribution in [0, 0.1) is 5.92 Å². The van der Waals surface area contributed by atoms with Crippen LogP contribution in [0.3, 0.4) is 0 Å². The number of nitrogens with two attached hydrogens (primary N) is 1. The number of ether oxygens (including phenoxy) is 1. The fourth-order valence-corrected chi connectivity index (χ4v) is 3.90. The molecule has 1 heterocycles. The minimum Gasteiger partial charge on any atom is -0.477 e. The zero-order valence-electron chi connectivity index (χ0n) is 19.1. The minimum atomic E-state index is -1.28. The number of carboxylic acids is 1. The number of carbonyl (C=O) groups is 3. The van der Waals surface area contributed by atoms with Gasteiger partial charge in [-0.15, -0.1) is 0 Å². The first-order chi connectivity index (χ1) is 16.4. The lowest BCUT2D eigenvalue weighted by Crippen LogP contribution is -2.52. The van der Waals surface area contributed by atoms with Crippen molar-refractivity contribution in [3.05, 3.63) is 83.6 Å². The quantitative estimate of drug-likeness (QED) is 0.463. The molecular formula is C26H31N3O5. The van der Waals surface area contributed by atoms with Gasteiger partial charge in [0, 0.05) is 19.0 Å². The van der Waals surface area contributed by atoms with Gasteiger partial charge >= 0.3 is 12.0 Å². The van der Waals surface area contributed by atoms with E-state index < -0.39 is 17.9 Å². The standard InChI is InChI=1S/C26H31N3O5/c27-22(25(31)32)18-21(12-11-19-7-3-1-4-8-19)24(30)23(17-20-9-5-2-6-10-20)28-26(33)29-13-15-34-16-14-29/h1-10,18,21,23H,11-17,27H2,(H,28,33)(H,31,32). The van der Waals surface area contributed by atoms with E-state index in [1.54, 1.807) is 4.90 Å². The molecule has 3 rings (SSSR count). The molecule has 2 unspecified atom stereocenters. The van der Waals surface area contributed by atoms with Gasteiger partial charge < -0.3 is 25.8 Å². The lowest BCUT2D eigenvalue weighted by Gasteiger charge is -2.30. The van der Waals surface area contributed by atoms with Crippen LogP contribution in [0.15, 0.2) is 72.4 Å². The van der Waals surface area contributed by atoms with E-state index in [0.29, 0.717) is 45.6 Å². The third-order valence-electron chi connectivity index (χ3n) is 5.80. The Balaban J connectivity index is 1.83. The van der Waals surface area contributed by atoms with Crippen LogP contribution in [0.2, 0.25) is 0 Å². The number of rotatable bonds is 10. The lowest BCUT2D eigenvalue weighted by atomic mass is 9.88. The van der Waals surface area contributed by atoms with Crippen molar-refractivity contribution in [3.63, 3.8) is 0 Å². The number of urea groups is 1. The average Bonchev–Trinajstić information content (AvgIpc) is 2.87. The van der Waals surface area contributed by atoms with E-state index in [-0.39, 0.29) is 17.5 Å². The van der Waals surface area contributed by atoms with Gasteiger partial charge in [0.2, 0.25) is 0 Å². The molecule has 0 spiro atoms. The van der Waals surface area contributed by atoms with Crippen LogP contribution in [-0.2, 0) is 27.2 Å². The number of hydrogen-bond acceptors (Lipinski definition) is 5. The zero-order valence-corrected chi connectivity index (χ0v) is 19.1. The Morgan fingerprint density at radius 2 is 1.59 bits per heavy atom. The van der Waals surface area contributed by atoms with Crippen molar-refractivity contribution in [2.75, 3.05) is 26.3 Å². The maximum atomic E-state index is 13.7. The lowest BCUT2D eigenvalue weighted by molar-refractivity contribution is -0.132. The Hall–Kier alpha value is -3.65. The first-order valence-corrected chi connectivity index (χ1v) is 11.4. The van der Waals surface area contributed by atoms with E-state index in [1.807, 2.05) is 60.7 Å². The summed E-state index contributed by atoms with van der Waals surface area (Å²) < 4.78 is 5.31. The molecule has 2 amide bonds. The molecule has 2 aromatic carbocycles. The predicted molar refractivity (Wildman–Crippen MR) is 128 cm³/mol. The van der Waals surface area contributed by atoms with Gasteiger partial charge in [-0.25, -0.2) is 9.59 Å². The van der Waals surface area contributed by atoms with Crippen LogP contribution in [0.1, 0.15) is 17.5 Å². The van der Waals surface area contributed by atoms with Gasteiger partial charge in [-0.2, -0.15) is 0 Å². The molecule has 180 valence electrons. The topological polar surface area (TPSA) is 122 Å². The third kappa shape index (κ3) is 7.45. The Kier molecular flexibility index (Phi) is 9.22. The number of Topliss-reactive ketones (excluding diaryl/α,β-unsaturated/α-hetero) is 1. The number of ketones is 1. The van der Waals surface area contributed by atoms with Crippen molar-refractivity contribution in [2.24, 2.45) is 11.7 Å². The highest BCUT2D eigenvalue weighted by Gasteiger charge is 2.30. The van der Waals surface area contributed by atoms with Crippen LogP contribution in [0.4, 0.5) is 4.79 Å². The number of nitrogens with zero attached hydrogens (tertiary/aromatic N) is 1. The van der Waals surface area contributed by atoms with Crippen LogP contribution in [0.25, 0.3) is 0 Å². The van der Waals surface area contributed by atoms with Gasteiger partial charge in [0.05, 0.1) is 19.3 Å². The van der Waals surface area contributed by atoms with E-state index in [1.165, 1.54) is 6.08 Å². The summed E-state index contributed by atoms with van der Waals surface area (Å²) in [6.07, 6.45) is 2.52. The van der Waals surface area contributed by atoms with E-state index in [4.69, 9.17) is 10.5 Å². The molecule has 0 aromatic heterocycles. The van der Waals surface area contributed by atoms with Gasteiger partial charge in [-0.1, -0.05) is 60.7 Å². The number of hydrogen-bond donors (Lipinski definition) is 3. The molecule has 1 aliphatic rings. The summed E-state index contributed by atoms with van der Waals surface area (Å²) in [7, 11) is 0. The molecule has 8 nitrogen and oxygen atoms in total. The van der Waals surface area contributed by atoms with Crippen LogP contribution in [0.5, 0.6) is 0 Å². The monoisotopic (exact) mass is 465 g/mol. The number of carboxylic acid groups (broad SMARTS) is 1. The Labute approximate surface area is 199 Å². The summed E-state index contributed by atoms with van der Waals surface area (Å²) in [5.41, 5.74) is 7.23. The molecule has 4 N–H and O–H groups in total. The molecule has 34 heavy (non-hydrogen) atoms. The number of carbonyl (C=O) groups excluding carboxylic acids is 2. The maximum absolute atomic E-state index is 13.7. The molecule has 0 aliphatic carbocycles. The van der Waals surface area contributed by atoms with Crippen LogP contribution >= 0.6 is 0 Å². The van der Waals surface area contributed by atoms with Gasteiger partial charge in [-0.3, -0.25) is 4.79 Å². The second kappa shape index (κ2) is 12.6. The maximum Gasteiger partial charge on any atom is 0.351 e. The molecule has 1 saturated heterocycles. The van der Waals surface area contributed by atoms with Crippen molar-refractivity contribution in [1.82, 2.24) is 10.2 Å². The van der Waals surface area contributed by atoms with Gasteiger partial charge in [0.1, 0.15) is 5.70 Å². The summed E-state index contributed by atoms with van der Waals surface area (Å²) in [6, 6.07) is 17.9. The fourth-order valence-electron chi connectivity index (χ4n) is 3.90. The number of nitrogens with one attached hydrogen (secondary N) is 1. The third-order valence-corrected chi connectivity index (χ3v) is 5.80. The molecule has 0 saturated carbocycles. The normalized spacial score (nSPS) is 15.9. The SMILES string of the molecule is NC(=CC(CCc1ccccc1)C(=O)C(Cc1ccccc1)NC(=O)N1CCOCC1)C(=O)O. The number of aliphatic carboxylic acids is 1. The Bertz CT molecular complexity index is 988. The zero-order chi connectivity index (χ0) is 24.3. The van der Waals surface area contributed by atoms with E-state index >= 15 is 0 Å². The van der Waals surface area contributed by atoms with Crippen LogP contribution < -0.4 is 11.1 Å². The van der Waals surface area contributed by atoms with Crippen molar-refractivity contribution in [2.45, 2.75) is 25.3 Å². The predicted octanol–water partition coefficient (Wildman–Crippen LogP) is 2.38. The molecule has 0 bridgehead atoms. The number of morpholine rings is 1. The highest BCUT2D eigenvalue weighted by Crippen LogP contribution is 2.18.